The summed E-state index contributed by atoms with van der Waals surface area (Å²) in [5.41, 5.74) is 0.934. The van der Waals surface area contributed by atoms with Crippen LogP contribution in [-0.2, 0) is 11.3 Å². The minimum absolute atomic E-state index is 0.0646. The Morgan fingerprint density at radius 1 is 1.23 bits per heavy atom. The van der Waals surface area contributed by atoms with E-state index in [0.717, 1.165) is 5.56 Å². The highest BCUT2D eigenvalue weighted by molar-refractivity contribution is 6.31. The molecule has 0 radical (unpaired) electrons. The van der Waals surface area contributed by atoms with E-state index in [1.165, 1.54) is 27.8 Å². The maximum atomic E-state index is 12.8. The summed E-state index contributed by atoms with van der Waals surface area (Å²) in [5.74, 6) is -0.350. The first-order valence-electron chi connectivity index (χ1n) is 8.34. The zero-order chi connectivity index (χ0) is 18.8. The zero-order valence-electron chi connectivity index (χ0n) is 14.7. The molecule has 1 aliphatic heterocycles. The van der Waals surface area contributed by atoms with Gasteiger partial charge in [-0.25, -0.2) is 0 Å². The third-order valence-corrected chi connectivity index (χ3v) is 5.08. The summed E-state index contributed by atoms with van der Waals surface area (Å²) in [7, 11) is 3.35. The molecule has 0 bridgehead atoms. The fourth-order valence-corrected chi connectivity index (χ4v) is 3.30. The number of halogens is 1. The third kappa shape index (κ3) is 3.51. The molecule has 1 atom stereocenters. The number of likely N-dealkylation sites (N-methyl/N-ethyl adjacent to an activating group) is 2. The lowest BCUT2D eigenvalue weighted by atomic mass is 10.1. The van der Waals surface area contributed by atoms with Gasteiger partial charge in [0.2, 0.25) is 5.91 Å². The molecular weight excluding hydrogens is 354 g/mol. The van der Waals surface area contributed by atoms with Gasteiger partial charge in [-0.15, -0.1) is 0 Å². The van der Waals surface area contributed by atoms with Crippen molar-refractivity contribution >= 4 is 23.4 Å². The van der Waals surface area contributed by atoms with Crippen LogP contribution in [0.4, 0.5) is 0 Å². The van der Waals surface area contributed by atoms with Crippen LogP contribution in [-0.4, -0.2) is 52.9 Å². The van der Waals surface area contributed by atoms with Gasteiger partial charge in [-0.2, -0.15) is 0 Å². The SMILES string of the molecule is CN1CCC(N(C)C(=O)c2ccc(=O)n(Cc3ccccc3Cl)c2)C1=O. The van der Waals surface area contributed by atoms with Crippen molar-refractivity contribution in [2.45, 2.75) is 19.0 Å². The number of pyridine rings is 1. The average Bonchev–Trinajstić information content (AvgIpc) is 2.96. The van der Waals surface area contributed by atoms with Gasteiger partial charge in [0.1, 0.15) is 6.04 Å². The summed E-state index contributed by atoms with van der Waals surface area (Å²) in [5, 5.41) is 0.563. The van der Waals surface area contributed by atoms with E-state index >= 15 is 0 Å². The van der Waals surface area contributed by atoms with Crippen molar-refractivity contribution in [2.75, 3.05) is 20.6 Å². The van der Waals surface area contributed by atoms with E-state index in [9.17, 15) is 14.4 Å². The van der Waals surface area contributed by atoms with E-state index in [1.54, 1.807) is 25.1 Å². The standard InChI is InChI=1S/C19H20ClN3O3/c1-21-10-9-16(19(21)26)22(2)18(25)14-7-8-17(24)23(12-14)11-13-5-3-4-6-15(13)20/h3-8,12,16H,9-11H2,1-2H3. The van der Waals surface area contributed by atoms with Gasteiger partial charge >= 0.3 is 0 Å². The molecule has 1 aliphatic rings. The van der Waals surface area contributed by atoms with Gasteiger partial charge in [0.15, 0.2) is 0 Å². The second-order valence-electron chi connectivity index (χ2n) is 6.46. The van der Waals surface area contributed by atoms with Gasteiger partial charge in [-0.05, 0) is 24.1 Å². The first kappa shape index (κ1) is 18.2. The lowest BCUT2D eigenvalue weighted by Crippen LogP contribution is -2.42. The Morgan fingerprint density at radius 2 is 1.96 bits per heavy atom. The third-order valence-electron chi connectivity index (χ3n) is 4.72. The Hall–Kier alpha value is -2.60. The number of carbonyl (C=O) groups is 2. The van der Waals surface area contributed by atoms with Gasteiger partial charge < -0.3 is 14.4 Å². The Morgan fingerprint density at radius 3 is 2.62 bits per heavy atom. The predicted octanol–water partition coefficient (Wildman–Crippen LogP) is 1.85. The van der Waals surface area contributed by atoms with Crippen molar-refractivity contribution in [2.24, 2.45) is 0 Å². The number of hydrogen-bond donors (Lipinski definition) is 0. The minimum atomic E-state index is -0.462. The Bertz CT molecular complexity index is 909. The monoisotopic (exact) mass is 373 g/mol. The molecule has 2 amide bonds. The number of hydrogen-bond acceptors (Lipinski definition) is 3. The van der Waals surface area contributed by atoms with Crippen molar-refractivity contribution < 1.29 is 9.59 Å². The molecule has 0 N–H and O–H groups in total. The van der Waals surface area contributed by atoms with Crippen LogP contribution in [0.2, 0.25) is 5.02 Å². The van der Waals surface area contributed by atoms with Crippen molar-refractivity contribution in [3.63, 3.8) is 0 Å². The van der Waals surface area contributed by atoms with Crippen molar-refractivity contribution in [1.82, 2.24) is 14.4 Å². The second kappa shape index (κ2) is 7.33. The van der Waals surface area contributed by atoms with Crippen LogP contribution in [0.25, 0.3) is 0 Å². The zero-order valence-corrected chi connectivity index (χ0v) is 15.4. The maximum absolute atomic E-state index is 12.8. The summed E-state index contributed by atoms with van der Waals surface area (Å²) < 4.78 is 1.45. The molecule has 3 rings (SSSR count). The molecule has 1 aromatic carbocycles. The summed E-state index contributed by atoms with van der Waals surface area (Å²) in [6.07, 6.45) is 2.13. The molecule has 1 unspecified atom stereocenters. The highest BCUT2D eigenvalue weighted by Crippen LogP contribution is 2.18. The molecule has 26 heavy (non-hydrogen) atoms. The largest absolute Gasteiger partial charge is 0.344 e. The number of carbonyl (C=O) groups excluding carboxylic acids is 2. The molecule has 1 fully saturated rings. The summed E-state index contributed by atoms with van der Waals surface area (Å²) in [6, 6.07) is 9.65. The van der Waals surface area contributed by atoms with E-state index in [0.29, 0.717) is 23.6 Å². The topological polar surface area (TPSA) is 62.6 Å². The van der Waals surface area contributed by atoms with Gasteiger partial charge in [0.25, 0.3) is 11.5 Å². The minimum Gasteiger partial charge on any atom is -0.344 e. The number of rotatable bonds is 4. The molecule has 2 heterocycles. The molecular formula is C19H20ClN3O3. The molecule has 7 heteroatoms. The molecule has 1 saturated heterocycles. The van der Waals surface area contributed by atoms with Crippen LogP contribution in [0.1, 0.15) is 22.3 Å². The fourth-order valence-electron chi connectivity index (χ4n) is 3.10. The Labute approximate surface area is 156 Å². The van der Waals surface area contributed by atoms with Gasteiger partial charge in [0, 0.05) is 37.9 Å². The number of amides is 2. The van der Waals surface area contributed by atoms with Crippen molar-refractivity contribution in [1.29, 1.82) is 0 Å². The number of aromatic nitrogens is 1. The Balaban J connectivity index is 1.85. The van der Waals surface area contributed by atoms with Gasteiger partial charge in [-0.1, -0.05) is 29.8 Å². The summed E-state index contributed by atoms with van der Waals surface area (Å²) in [6.45, 7) is 0.904. The van der Waals surface area contributed by atoms with Crippen LogP contribution < -0.4 is 5.56 Å². The molecule has 1 aromatic heterocycles. The first-order chi connectivity index (χ1) is 12.4. The van der Waals surface area contributed by atoms with E-state index in [4.69, 9.17) is 11.6 Å². The molecule has 0 spiro atoms. The number of likely N-dealkylation sites (tertiary alicyclic amines) is 1. The smallest absolute Gasteiger partial charge is 0.255 e. The van der Waals surface area contributed by atoms with Crippen molar-refractivity contribution in [3.05, 3.63) is 69.1 Å². The van der Waals surface area contributed by atoms with Crippen LogP contribution in [0.15, 0.2) is 47.4 Å². The summed E-state index contributed by atoms with van der Waals surface area (Å²) >= 11 is 6.16. The van der Waals surface area contributed by atoms with Crippen LogP contribution in [0.5, 0.6) is 0 Å². The van der Waals surface area contributed by atoms with E-state index < -0.39 is 6.04 Å². The molecule has 6 nitrogen and oxygen atoms in total. The van der Waals surface area contributed by atoms with Crippen LogP contribution >= 0.6 is 11.6 Å². The highest BCUT2D eigenvalue weighted by atomic mass is 35.5. The number of benzene rings is 1. The van der Waals surface area contributed by atoms with Crippen molar-refractivity contribution in [3.8, 4) is 0 Å². The van der Waals surface area contributed by atoms with Gasteiger partial charge in [0.05, 0.1) is 12.1 Å². The predicted molar refractivity (Wildman–Crippen MR) is 99.4 cm³/mol. The quantitative estimate of drug-likeness (QED) is 0.821. The molecule has 2 aromatic rings. The lowest BCUT2D eigenvalue weighted by Gasteiger charge is -2.23. The number of nitrogens with zero attached hydrogens (tertiary/aromatic N) is 3. The average molecular weight is 374 g/mol. The van der Waals surface area contributed by atoms with Gasteiger partial charge in [-0.3, -0.25) is 14.4 Å². The maximum Gasteiger partial charge on any atom is 0.255 e. The normalized spacial score (nSPS) is 16.8. The van der Waals surface area contributed by atoms with E-state index in [-0.39, 0.29) is 23.9 Å². The highest BCUT2D eigenvalue weighted by Gasteiger charge is 2.34. The first-order valence-corrected chi connectivity index (χ1v) is 8.72. The van der Waals surface area contributed by atoms with Crippen LogP contribution in [0, 0.1) is 0 Å². The molecule has 0 aliphatic carbocycles. The molecule has 0 saturated carbocycles. The second-order valence-corrected chi connectivity index (χ2v) is 6.86. The Kier molecular flexibility index (Phi) is 5.13. The molecule has 136 valence electrons. The van der Waals surface area contributed by atoms with E-state index in [1.807, 2.05) is 18.2 Å². The fraction of sp³-hybridized carbons (Fsp3) is 0.316. The van der Waals surface area contributed by atoms with Crippen LogP contribution in [0.3, 0.4) is 0 Å². The lowest BCUT2D eigenvalue weighted by molar-refractivity contribution is -0.130. The van der Waals surface area contributed by atoms with E-state index in [2.05, 4.69) is 0 Å². The summed E-state index contributed by atoms with van der Waals surface area (Å²) in [4.78, 5) is 40.2.